The zero-order valence-corrected chi connectivity index (χ0v) is 17.7. The molecule has 1 atom stereocenters. The largest absolute Gasteiger partial charge is 0.444 e. The Balaban J connectivity index is 1.82. The van der Waals surface area contributed by atoms with E-state index in [1.165, 1.54) is 12.1 Å². The van der Waals surface area contributed by atoms with Crippen molar-refractivity contribution >= 4 is 23.6 Å². The molecule has 1 aliphatic rings. The summed E-state index contributed by atoms with van der Waals surface area (Å²) in [6.07, 6.45) is 0.1000. The lowest BCUT2D eigenvalue weighted by Gasteiger charge is -2.28. The van der Waals surface area contributed by atoms with Gasteiger partial charge in [-0.3, -0.25) is 4.79 Å². The Morgan fingerprint density at radius 1 is 1.34 bits per heavy atom. The van der Waals surface area contributed by atoms with E-state index in [1.807, 2.05) is 11.5 Å². The van der Waals surface area contributed by atoms with E-state index in [0.717, 1.165) is 5.69 Å². The minimum atomic E-state index is -0.566. The molecule has 1 aliphatic heterocycles. The Bertz CT molecular complexity index is 949. The number of aromatic nitrogens is 1. The number of alkyl carbamates (subject to hydrolysis) is 1. The Labute approximate surface area is 174 Å². The Kier molecular flexibility index (Phi) is 5.89. The molecule has 1 aromatic carbocycles. The molecule has 2 N–H and O–H groups in total. The molecule has 2 heterocycles. The molecule has 3 rings (SSSR count). The third-order valence-corrected chi connectivity index (χ3v) is 4.99. The molecule has 0 saturated carbocycles. The van der Waals surface area contributed by atoms with E-state index in [2.05, 4.69) is 10.6 Å². The quantitative estimate of drug-likeness (QED) is 0.765. The van der Waals surface area contributed by atoms with Crippen LogP contribution in [0.4, 0.5) is 9.18 Å². The van der Waals surface area contributed by atoms with Crippen LogP contribution in [0.3, 0.4) is 0 Å². The van der Waals surface area contributed by atoms with Crippen LogP contribution in [0, 0.1) is 12.7 Å². The summed E-state index contributed by atoms with van der Waals surface area (Å²) in [7, 11) is 0. The molecule has 0 radical (unpaired) electrons. The second-order valence-corrected chi connectivity index (χ2v) is 8.54. The van der Waals surface area contributed by atoms with Crippen LogP contribution >= 0.6 is 11.6 Å². The number of amides is 2. The molecule has 156 valence electrons. The molecule has 0 spiro atoms. The summed E-state index contributed by atoms with van der Waals surface area (Å²) in [4.78, 5) is 24.2. The highest BCUT2D eigenvalue weighted by Gasteiger charge is 2.29. The summed E-state index contributed by atoms with van der Waals surface area (Å²) >= 11 is 6.04. The van der Waals surface area contributed by atoms with Crippen LogP contribution in [0.15, 0.2) is 24.3 Å². The van der Waals surface area contributed by atoms with E-state index in [4.69, 9.17) is 16.3 Å². The van der Waals surface area contributed by atoms with Crippen LogP contribution in [-0.2, 0) is 4.74 Å². The molecule has 2 amide bonds. The predicted octanol–water partition coefficient (Wildman–Crippen LogP) is 4.46. The standard InChI is InChI=1S/C21H25ClFN3O3/c1-12-15(16-9-13(22)5-6-17(16)23)10-18-19(27)25-11-14(26(12)18)7-8-24-20(28)29-21(2,3)4/h5-6,9-10,14H,7-8,11H2,1-4H3,(H,24,28)(H,25,27). The van der Waals surface area contributed by atoms with Crippen molar-refractivity contribution in [1.82, 2.24) is 15.2 Å². The van der Waals surface area contributed by atoms with Gasteiger partial charge in [0.05, 0.1) is 6.04 Å². The predicted molar refractivity (Wildman–Crippen MR) is 110 cm³/mol. The summed E-state index contributed by atoms with van der Waals surface area (Å²) in [6.45, 7) is 8.06. The Morgan fingerprint density at radius 3 is 2.76 bits per heavy atom. The molecule has 1 aromatic heterocycles. The molecule has 0 aliphatic carbocycles. The second-order valence-electron chi connectivity index (χ2n) is 8.10. The third kappa shape index (κ3) is 4.72. The van der Waals surface area contributed by atoms with Gasteiger partial charge < -0.3 is 19.9 Å². The highest BCUT2D eigenvalue weighted by molar-refractivity contribution is 6.30. The maximum Gasteiger partial charge on any atom is 0.407 e. The normalized spacial score (nSPS) is 16.2. The van der Waals surface area contributed by atoms with Crippen LogP contribution in [-0.4, -0.2) is 35.3 Å². The molecule has 29 heavy (non-hydrogen) atoms. The van der Waals surface area contributed by atoms with Gasteiger partial charge in [0.25, 0.3) is 5.91 Å². The molecule has 1 unspecified atom stereocenters. The van der Waals surface area contributed by atoms with Crippen molar-refractivity contribution in [2.75, 3.05) is 13.1 Å². The van der Waals surface area contributed by atoms with Crippen molar-refractivity contribution < 1.29 is 18.7 Å². The molecular formula is C21H25ClFN3O3. The van der Waals surface area contributed by atoms with Crippen LogP contribution < -0.4 is 10.6 Å². The Morgan fingerprint density at radius 2 is 2.07 bits per heavy atom. The SMILES string of the molecule is Cc1c(-c2cc(Cl)ccc2F)cc2n1C(CCNC(=O)OC(C)(C)C)CNC2=O. The molecule has 8 heteroatoms. The number of carbonyl (C=O) groups excluding carboxylic acids is 2. The average Bonchev–Trinajstić information content (AvgIpc) is 2.96. The smallest absolute Gasteiger partial charge is 0.407 e. The first-order valence-corrected chi connectivity index (χ1v) is 9.87. The van der Waals surface area contributed by atoms with Crippen molar-refractivity contribution in [2.24, 2.45) is 0 Å². The van der Waals surface area contributed by atoms with Gasteiger partial charge in [0.15, 0.2) is 0 Å². The van der Waals surface area contributed by atoms with Crippen molar-refractivity contribution in [2.45, 2.75) is 45.8 Å². The number of nitrogens with zero attached hydrogens (tertiary/aromatic N) is 1. The van der Waals surface area contributed by atoms with Crippen LogP contribution in [0.1, 0.15) is 49.4 Å². The maximum atomic E-state index is 14.4. The zero-order valence-electron chi connectivity index (χ0n) is 16.9. The van der Waals surface area contributed by atoms with Crippen LogP contribution in [0.25, 0.3) is 11.1 Å². The highest BCUT2D eigenvalue weighted by Crippen LogP contribution is 2.34. The minimum absolute atomic E-state index is 0.0753. The molecule has 2 aromatic rings. The highest BCUT2D eigenvalue weighted by atomic mass is 35.5. The number of hydrogen-bond donors (Lipinski definition) is 2. The summed E-state index contributed by atoms with van der Waals surface area (Å²) in [6, 6.07) is 5.97. The van der Waals surface area contributed by atoms with Gasteiger partial charge in [0.2, 0.25) is 0 Å². The van der Waals surface area contributed by atoms with Gasteiger partial charge in [0, 0.05) is 34.9 Å². The van der Waals surface area contributed by atoms with Gasteiger partial charge in [-0.2, -0.15) is 0 Å². The number of carbonyl (C=O) groups is 2. The maximum absolute atomic E-state index is 14.4. The lowest BCUT2D eigenvalue weighted by Crippen LogP contribution is -2.41. The number of rotatable bonds is 4. The fourth-order valence-electron chi connectivity index (χ4n) is 3.52. The van der Waals surface area contributed by atoms with Crippen molar-refractivity contribution in [3.63, 3.8) is 0 Å². The monoisotopic (exact) mass is 421 g/mol. The first-order valence-electron chi connectivity index (χ1n) is 9.49. The third-order valence-electron chi connectivity index (χ3n) is 4.75. The fraction of sp³-hybridized carbons (Fsp3) is 0.429. The van der Waals surface area contributed by atoms with Gasteiger partial charge >= 0.3 is 6.09 Å². The van der Waals surface area contributed by atoms with Gasteiger partial charge in [-0.25, -0.2) is 9.18 Å². The van der Waals surface area contributed by atoms with E-state index in [-0.39, 0.29) is 11.9 Å². The average molecular weight is 422 g/mol. The molecule has 6 nitrogen and oxygen atoms in total. The summed E-state index contributed by atoms with van der Waals surface area (Å²) < 4.78 is 21.5. The molecule has 0 fully saturated rings. The Hall–Kier alpha value is -2.54. The minimum Gasteiger partial charge on any atom is -0.444 e. The molecular weight excluding hydrogens is 397 g/mol. The number of fused-ring (bicyclic) bond motifs is 1. The van der Waals surface area contributed by atoms with Gasteiger partial charge in [-0.15, -0.1) is 0 Å². The van der Waals surface area contributed by atoms with Gasteiger partial charge in [-0.1, -0.05) is 11.6 Å². The molecule has 0 bridgehead atoms. The van der Waals surface area contributed by atoms with Crippen LogP contribution in [0.2, 0.25) is 5.02 Å². The number of nitrogens with one attached hydrogen (secondary N) is 2. The lowest BCUT2D eigenvalue weighted by atomic mass is 10.1. The van der Waals surface area contributed by atoms with E-state index in [0.29, 0.717) is 41.4 Å². The number of hydrogen-bond acceptors (Lipinski definition) is 3. The van der Waals surface area contributed by atoms with Crippen molar-refractivity contribution in [3.05, 3.63) is 46.5 Å². The summed E-state index contributed by atoms with van der Waals surface area (Å²) in [5.74, 6) is -0.609. The van der Waals surface area contributed by atoms with E-state index in [1.54, 1.807) is 32.9 Å². The number of benzene rings is 1. The first kappa shape index (κ1) is 21.2. The van der Waals surface area contributed by atoms with Gasteiger partial charge in [-0.05, 0) is 58.4 Å². The van der Waals surface area contributed by atoms with Crippen molar-refractivity contribution in [1.29, 1.82) is 0 Å². The first-order chi connectivity index (χ1) is 13.6. The van der Waals surface area contributed by atoms with Crippen LogP contribution in [0.5, 0.6) is 0 Å². The number of ether oxygens (including phenoxy) is 1. The van der Waals surface area contributed by atoms with Gasteiger partial charge in [0.1, 0.15) is 17.1 Å². The lowest BCUT2D eigenvalue weighted by molar-refractivity contribution is 0.0523. The summed E-state index contributed by atoms with van der Waals surface area (Å²) in [5.41, 5.74) is 1.66. The molecule has 0 saturated heterocycles. The zero-order chi connectivity index (χ0) is 21.3. The van der Waals surface area contributed by atoms with E-state index in [9.17, 15) is 14.0 Å². The fourth-order valence-corrected chi connectivity index (χ4v) is 3.69. The van der Waals surface area contributed by atoms with E-state index < -0.39 is 17.5 Å². The second kappa shape index (κ2) is 8.06. The van der Waals surface area contributed by atoms with E-state index >= 15 is 0 Å². The topological polar surface area (TPSA) is 72.4 Å². The number of halogens is 2. The van der Waals surface area contributed by atoms with Crippen molar-refractivity contribution in [3.8, 4) is 11.1 Å². The summed E-state index contributed by atoms with van der Waals surface area (Å²) in [5, 5.41) is 6.02.